The van der Waals surface area contributed by atoms with Crippen LogP contribution < -0.4 is 10.1 Å². The lowest BCUT2D eigenvalue weighted by Crippen LogP contribution is -2.32. The van der Waals surface area contributed by atoms with Crippen LogP contribution in [0.2, 0.25) is 0 Å². The zero-order valence-corrected chi connectivity index (χ0v) is 15.5. The third kappa shape index (κ3) is 5.03. The predicted molar refractivity (Wildman–Crippen MR) is 104 cm³/mol. The van der Waals surface area contributed by atoms with E-state index < -0.39 is 18.2 Å². The van der Waals surface area contributed by atoms with Gasteiger partial charge in [0, 0.05) is 23.6 Å². The van der Waals surface area contributed by atoms with E-state index in [0.717, 1.165) is 27.8 Å². The number of carboxylic acids is 1. The number of nitrogens with one attached hydrogen (secondary N) is 2. The second-order valence-corrected chi connectivity index (χ2v) is 6.36. The van der Waals surface area contributed by atoms with Crippen LogP contribution in [0.1, 0.15) is 18.1 Å². The number of carboxylic acid groups (broad SMARTS) is 1. The monoisotopic (exact) mass is 382 g/mol. The molecule has 1 aromatic heterocycles. The van der Waals surface area contributed by atoms with Crippen molar-refractivity contribution in [3.05, 3.63) is 65.9 Å². The zero-order chi connectivity index (χ0) is 19.9. The first kappa shape index (κ1) is 19.3. The third-order valence-electron chi connectivity index (χ3n) is 4.28. The van der Waals surface area contributed by atoms with Gasteiger partial charge in [0.2, 0.25) is 0 Å². The Labute approximate surface area is 162 Å². The minimum Gasteiger partial charge on any atom is -0.489 e. The van der Waals surface area contributed by atoms with E-state index in [0.29, 0.717) is 19.6 Å². The predicted octanol–water partition coefficient (Wildman–Crippen LogP) is 3.49. The van der Waals surface area contributed by atoms with Crippen molar-refractivity contribution in [3.8, 4) is 5.75 Å². The van der Waals surface area contributed by atoms with Gasteiger partial charge in [-0.25, -0.2) is 9.59 Å². The molecule has 146 valence electrons. The fourth-order valence-electron chi connectivity index (χ4n) is 2.75. The van der Waals surface area contributed by atoms with Gasteiger partial charge in [-0.05, 0) is 42.7 Å². The van der Waals surface area contributed by atoms with Gasteiger partial charge in [-0.1, -0.05) is 30.3 Å². The third-order valence-corrected chi connectivity index (χ3v) is 4.28. The molecule has 1 heterocycles. The lowest BCUT2D eigenvalue weighted by molar-refractivity contribution is -0.145. The number of carbonyl (C=O) groups is 2. The molecule has 0 fully saturated rings. The Kier molecular flexibility index (Phi) is 6.16. The first-order chi connectivity index (χ1) is 13.5. The Hall–Kier alpha value is -3.48. The van der Waals surface area contributed by atoms with Gasteiger partial charge in [-0.15, -0.1) is 0 Å². The van der Waals surface area contributed by atoms with Gasteiger partial charge < -0.3 is 24.9 Å². The van der Waals surface area contributed by atoms with Crippen LogP contribution >= 0.6 is 0 Å². The summed E-state index contributed by atoms with van der Waals surface area (Å²) in [5.41, 5.74) is 3.09. The molecule has 1 atom stereocenters. The number of benzene rings is 2. The average molecular weight is 382 g/mol. The molecule has 7 nitrogen and oxygen atoms in total. The van der Waals surface area contributed by atoms with E-state index in [-0.39, 0.29) is 0 Å². The summed E-state index contributed by atoms with van der Waals surface area (Å²) in [7, 11) is 0. The molecule has 0 saturated carbocycles. The molecule has 0 spiro atoms. The standard InChI is InChI=1S/C21H22N2O5/c1-14(20(24)25)28-21(26)22-10-9-16-12-23-19-8-7-17(11-18(16)19)27-13-15-5-3-2-4-6-15/h2-8,11-12,14,23H,9-10,13H2,1H3,(H,22,26)(H,24,25). The number of hydrogen-bond acceptors (Lipinski definition) is 4. The molecule has 1 amide bonds. The molecule has 1 unspecified atom stereocenters. The quantitative estimate of drug-likeness (QED) is 0.554. The van der Waals surface area contributed by atoms with E-state index in [1.807, 2.05) is 54.7 Å². The van der Waals surface area contributed by atoms with Gasteiger partial charge in [-0.3, -0.25) is 0 Å². The van der Waals surface area contributed by atoms with Crippen LogP contribution in [-0.2, 0) is 22.6 Å². The lowest BCUT2D eigenvalue weighted by Gasteiger charge is -2.10. The summed E-state index contributed by atoms with van der Waals surface area (Å²) in [4.78, 5) is 25.5. The summed E-state index contributed by atoms with van der Waals surface area (Å²) in [6.45, 7) is 2.12. The van der Waals surface area contributed by atoms with Crippen LogP contribution in [0, 0.1) is 0 Å². The Morgan fingerprint density at radius 1 is 1.18 bits per heavy atom. The Balaban J connectivity index is 1.58. The number of ether oxygens (including phenoxy) is 2. The highest BCUT2D eigenvalue weighted by atomic mass is 16.6. The number of aliphatic carboxylic acids is 1. The normalized spacial score (nSPS) is 11.8. The van der Waals surface area contributed by atoms with E-state index in [2.05, 4.69) is 10.3 Å². The molecule has 3 N–H and O–H groups in total. The number of aromatic amines is 1. The highest BCUT2D eigenvalue weighted by molar-refractivity contribution is 5.84. The number of carbonyl (C=O) groups excluding carboxylic acids is 1. The van der Waals surface area contributed by atoms with Gasteiger partial charge in [0.05, 0.1) is 0 Å². The van der Waals surface area contributed by atoms with E-state index >= 15 is 0 Å². The van der Waals surface area contributed by atoms with Crippen LogP contribution in [0.5, 0.6) is 5.75 Å². The van der Waals surface area contributed by atoms with Crippen molar-refractivity contribution in [1.29, 1.82) is 0 Å². The van der Waals surface area contributed by atoms with Crippen LogP contribution in [0.15, 0.2) is 54.7 Å². The van der Waals surface area contributed by atoms with E-state index in [1.165, 1.54) is 6.92 Å². The smallest absolute Gasteiger partial charge is 0.407 e. The summed E-state index contributed by atoms with van der Waals surface area (Å²) in [6.07, 6.45) is 0.524. The van der Waals surface area contributed by atoms with Gasteiger partial charge >= 0.3 is 12.1 Å². The van der Waals surface area contributed by atoms with E-state index in [4.69, 9.17) is 14.6 Å². The molecule has 0 radical (unpaired) electrons. The molecule has 7 heteroatoms. The SMILES string of the molecule is CC(OC(=O)NCCc1c[nH]c2ccc(OCc3ccccc3)cc12)C(=O)O. The summed E-state index contributed by atoms with van der Waals surface area (Å²) < 4.78 is 10.6. The van der Waals surface area contributed by atoms with Crippen molar-refractivity contribution in [3.63, 3.8) is 0 Å². The number of fused-ring (bicyclic) bond motifs is 1. The maximum Gasteiger partial charge on any atom is 0.407 e. The minimum atomic E-state index is -1.19. The maximum absolute atomic E-state index is 11.6. The fourth-order valence-corrected chi connectivity index (χ4v) is 2.75. The van der Waals surface area contributed by atoms with Gasteiger partial charge in [0.25, 0.3) is 0 Å². The van der Waals surface area contributed by atoms with Gasteiger partial charge in [0.1, 0.15) is 12.4 Å². The minimum absolute atomic E-state index is 0.327. The highest BCUT2D eigenvalue weighted by Gasteiger charge is 2.15. The molecule has 0 saturated heterocycles. The molecule has 3 rings (SSSR count). The topological polar surface area (TPSA) is 101 Å². The van der Waals surface area contributed by atoms with E-state index in [9.17, 15) is 9.59 Å². The molecule has 28 heavy (non-hydrogen) atoms. The highest BCUT2D eigenvalue weighted by Crippen LogP contribution is 2.24. The van der Waals surface area contributed by atoms with Crippen LogP contribution in [0.3, 0.4) is 0 Å². The van der Waals surface area contributed by atoms with Gasteiger partial charge in [0.15, 0.2) is 6.10 Å². The second kappa shape index (κ2) is 8.94. The molecule has 0 aliphatic heterocycles. The number of rotatable bonds is 8. The van der Waals surface area contributed by atoms with Crippen molar-refractivity contribution < 1.29 is 24.2 Å². The van der Waals surface area contributed by atoms with Crippen LogP contribution in [-0.4, -0.2) is 34.8 Å². The molecule has 0 bridgehead atoms. The Morgan fingerprint density at radius 3 is 2.71 bits per heavy atom. The summed E-state index contributed by atoms with van der Waals surface area (Å²) in [5.74, 6) is -0.422. The molecular weight excluding hydrogens is 360 g/mol. The average Bonchev–Trinajstić information content (AvgIpc) is 3.09. The number of amides is 1. The summed E-state index contributed by atoms with van der Waals surface area (Å²) in [6, 6.07) is 15.8. The van der Waals surface area contributed by atoms with Crippen molar-refractivity contribution in [2.24, 2.45) is 0 Å². The Morgan fingerprint density at radius 2 is 1.96 bits per heavy atom. The van der Waals surface area contributed by atoms with Crippen LogP contribution in [0.4, 0.5) is 4.79 Å². The van der Waals surface area contributed by atoms with E-state index in [1.54, 1.807) is 0 Å². The van der Waals surface area contributed by atoms with Crippen molar-refractivity contribution in [2.45, 2.75) is 26.1 Å². The summed E-state index contributed by atoms with van der Waals surface area (Å²) in [5, 5.41) is 12.3. The summed E-state index contributed by atoms with van der Waals surface area (Å²) >= 11 is 0. The lowest BCUT2D eigenvalue weighted by atomic mass is 10.1. The number of alkyl carbamates (subject to hydrolysis) is 1. The fraction of sp³-hybridized carbons (Fsp3) is 0.238. The first-order valence-corrected chi connectivity index (χ1v) is 8.97. The Bertz CT molecular complexity index is 952. The molecule has 0 aliphatic carbocycles. The number of aromatic nitrogens is 1. The zero-order valence-electron chi connectivity index (χ0n) is 15.5. The number of hydrogen-bond donors (Lipinski definition) is 3. The number of H-pyrrole nitrogens is 1. The molecular formula is C21H22N2O5. The van der Waals surface area contributed by atoms with Crippen molar-refractivity contribution in [2.75, 3.05) is 6.54 Å². The molecule has 2 aromatic carbocycles. The largest absolute Gasteiger partial charge is 0.489 e. The first-order valence-electron chi connectivity index (χ1n) is 8.97. The molecule has 3 aromatic rings. The maximum atomic E-state index is 11.6. The van der Waals surface area contributed by atoms with Crippen LogP contribution in [0.25, 0.3) is 10.9 Å². The molecule has 0 aliphatic rings. The van der Waals surface area contributed by atoms with Crippen molar-refractivity contribution >= 4 is 23.0 Å². The van der Waals surface area contributed by atoms with Gasteiger partial charge in [-0.2, -0.15) is 0 Å². The van der Waals surface area contributed by atoms with Crippen molar-refractivity contribution in [1.82, 2.24) is 10.3 Å². The second-order valence-electron chi connectivity index (χ2n) is 6.36.